The summed E-state index contributed by atoms with van der Waals surface area (Å²) in [4.78, 5) is 11.7. The molecular weight excluding hydrogens is 238 g/mol. The van der Waals surface area contributed by atoms with Crippen LogP contribution in [-0.4, -0.2) is 18.6 Å². The fraction of sp³-hybridized carbons (Fsp3) is 0.562. The first-order chi connectivity index (χ1) is 9.00. The molecule has 0 aromatic heterocycles. The number of rotatable bonds is 4. The number of ether oxygens (including phenoxy) is 1. The summed E-state index contributed by atoms with van der Waals surface area (Å²) in [5.74, 6) is 0.727. The number of anilines is 1. The van der Waals surface area contributed by atoms with Gasteiger partial charge in [-0.3, -0.25) is 0 Å². The van der Waals surface area contributed by atoms with Crippen LogP contribution in [0.3, 0.4) is 0 Å². The highest BCUT2D eigenvalue weighted by atomic mass is 16.5. The van der Waals surface area contributed by atoms with Gasteiger partial charge >= 0.3 is 5.97 Å². The standard InChI is InChI=1S/C16H23NO2/c1-10(2)12-6-5-7-13(11(3)4)15(12)17-14-8-9-19-16(14)18/h5-7,10-11,14,17H,8-9H2,1-4H3. The van der Waals surface area contributed by atoms with Gasteiger partial charge in [0.05, 0.1) is 6.61 Å². The molecule has 0 radical (unpaired) electrons. The van der Waals surface area contributed by atoms with Crippen molar-refractivity contribution < 1.29 is 9.53 Å². The third-order valence-corrected chi connectivity index (χ3v) is 3.63. The number of nitrogens with one attached hydrogen (secondary N) is 1. The molecule has 1 aromatic rings. The Bertz CT molecular complexity index is 440. The molecule has 0 amide bonds. The van der Waals surface area contributed by atoms with Crippen LogP contribution in [0.4, 0.5) is 5.69 Å². The third kappa shape index (κ3) is 2.91. The second kappa shape index (κ2) is 5.64. The molecule has 19 heavy (non-hydrogen) atoms. The highest BCUT2D eigenvalue weighted by Gasteiger charge is 2.28. The van der Waals surface area contributed by atoms with Crippen LogP contribution in [0.15, 0.2) is 18.2 Å². The van der Waals surface area contributed by atoms with E-state index in [0.717, 1.165) is 12.1 Å². The molecular formula is C16H23NO2. The Labute approximate surface area is 115 Å². The van der Waals surface area contributed by atoms with E-state index in [-0.39, 0.29) is 12.0 Å². The van der Waals surface area contributed by atoms with Crippen LogP contribution < -0.4 is 5.32 Å². The van der Waals surface area contributed by atoms with Crippen molar-refractivity contribution in [3.05, 3.63) is 29.3 Å². The summed E-state index contributed by atoms with van der Waals surface area (Å²) >= 11 is 0. The number of hydrogen-bond acceptors (Lipinski definition) is 3. The number of hydrogen-bond donors (Lipinski definition) is 1. The van der Waals surface area contributed by atoms with E-state index < -0.39 is 0 Å². The van der Waals surface area contributed by atoms with Crippen LogP contribution in [0.5, 0.6) is 0 Å². The molecule has 1 heterocycles. The SMILES string of the molecule is CC(C)c1cccc(C(C)C)c1NC1CCOC1=O. The van der Waals surface area contributed by atoms with Crippen LogP contribution in [0.2, 0.25) is 0 Å². The summed E-state index contributed by atoms with van der Waals surface area (Å²) in [6.07, 6.45) is 0.753. The maximum Gasteiger partial charge on any atom is 0.328 e. The molecule has 1 saturated heterocycles. The van der Waals surface area contributed by atoms with Crippen molar-refractivity contribution in [2.45, 2.75) is 52.0 Å². The van der Waals surface area contributed by atoms with E-state index in [9.17, 15) is 4.79 Å². The molecule has 1 aliphatic heterocycles. The van der Waals surface area contributed by atoms with Crippen LogP contribution in [0.25, 0.3) is 0 Å². The van der Waals surface area contributed by atoms with Crippen molar-refractivity contribution in [3.63, 3.8) is 0 Å². The average molecular weight is 261 g/mol. The van der Waals surface area contributed by atoms with Crippen LogP contribution in [-0.2, 0) is 9.53 Å². The van der Waals surface area contributed by atoms with Crippen LogP contribution in [0, 0.1) is 0 Å². The molecule has 0 aliphatic carbocycles. The molecule has 1 aliphatic rings. The molecule has 3 nitrogen and oxygen atoms in total. The van der Waals surface area contributed by atoms with Crippen molar-refractivity contribution in [1.29, 1.82) is 0 Å². The van der Waals surface area contributed by atoms with Crippen LogP contribution in [0.1, 0.15) is 57.1 Å². The fourth-order valence-electron chi connectivity index (χ4n) is 2.52. The zero-order chi connectivity index (χ0) is 14.0. The lowest BCUT2D eigenvalue weighted by atomic mass is 9.92. The van der Waals surface area contributed by atoms with Gasteiger partial charge in [0.1, 0.15) is 6.04 Å². The summed E-state index contributed by atoms with van der Waals surface area (Å²) < 4.78 is 5.04. The summed E-state index contributed by atoms with van der Waals surface area (Å²) in [7, 11) is 0. The number of esters is 1. The van der Waals surface area contributed by atoms with Crippen molar-refractivity contribution >= 4 is 11.7 Å². The Kier molecular flexibility index (Phi) is 4.13. The smallest absolute Gasteiger partial charge is 0.328 e. The molecule has 2 rings (SSSR count). The molecule has 1 N–H and O–H groups in total. The molecule has 1 fully saturated rings. The van der Waals surface area contributed by atoms with Gasteiger partial charge in [0.25, 0.3) is 0 Å². The minimum absolute atomic E-state index is 0.131. The van der Waals surface area contributed by atoms with Gasteiger partial charge in [0, 0.05) is 12.1 Å². The second-order valence-corrected chi connectivity index (χ2v) is 5.77. The summed E-state index contributed by atoms with van der Waals surface area (Å²) in [6, 6.07) is 6.18. The maximum atomic E-state index is 11.7. The molecule has 1 unspecified atom stereocenters. The first-order valence-electron chi connectivity index (χ1n) is 7.06. The van der Waals surface area contributed by atoms with Gasteiger partial charge in [-0.15, -0.1) is 0 Å². The van der Waals surface area contributed by atoms with Gasteiger partial charge in [-0.1, -0.05) is 45.9 Å². The highest BCUT2D eigenvalue weighted by Crippen LogP contribution is 2.33. The normalized spacial score (nSPS) is 19.1. The average Bonchev–Trinajstić information content (AvgIpc) is 2.74. The third-order valence-electron chi connectivity index (χ3n) is 3.63. The minimum atomic E-state index is -0.197. The fourth-order valence-corrected chi connectivity index (χ4v) is 2.52. The summed E-state index contributed by atoms with van der Waals surface area (Å²) in [5.41, 5.74) is 3.66. The lowest BCUT2D eigenvalue weighted by Gasteiger charge is -2.22. The number of carbonyl (C=O) groups is 1. The van der Waals surface area contributed by atoms with Gasteiger partial charge < -0.3 is 10.1 Å². The summed E-state index contributed by atoms with van der Waals surface area (Å²) in [6.45, 7) is 9.24. The molecule has 1 aromatic carbocycles. The Hall–Kier alpha value is -1.51. The van der Waals surface area contributed by atoms with E-state index in [1.807, 2.05) is 0 Å². The maximum absolute atomic E-state index is 11.7. The molecule has 3 heteroatoms. The minimum Gasteiger partial charge on any atom is -0.464 e. The Balaban J connectivity index is 2.37. The molecule has 1 atom stereocenters. The Morgan fingerprint density at radius 3 is 2.16 bits per heavy atom. The Morgan fingerprint density at radius 2 is 1.74 bits per heavy atom. The first kappa shape index (κ1) is 13.9. The van der Waals surface area contributed by atoms with Gasteiger partial charge in [0.15, 0.2) is 0 Å². The zero-order valence-corrected chi connectivity index (χ0v) is 12.2. The zero-order valence-electron chi connectivity index (χ0n) is 12.2. The van der Waals surface area contributed by atoms with E-state index in [0.29, 0.717) is 18.4 Å². The van der Waals surface area contributed by atoms with Crippen molar-refractivity contribution in [1.82, 2.24) is 0 Å². The lowest BCUT2D eigenvalue weighted by Crippen LogP contribution is -2.26. The molecule has 0 saturated carbocycles. The molecule has 104 valence electrons. The second-order valence-electron chi connectivity index (χ2n) is 5.77. The van der Waals surface area contributed by atoms with Gasteiger partial charge in [-0.05, 0) is 23.0 Å². The lowest BCUT2D eigenvalue weighted by molar-refractivity contribution is -0.138. The van der Waals surface area contributed by atoms with Gasteiger partial charge in [-0.25, -0.2) is 4.79 Å². The predicted molar refractivity (Wildman–Crippen MR) is 77.6 cm³/mol. The quantitative estimate of drug-likeness (QED) is 0.841. The Morgan fingerprint density at radius 1 is 1.16 bits per heavy atom. The highest BCUT2D eigenvalue weighted by molar-refractivity contribution is 5.82. The van der Waals surface area contributed by atoms with E-state index >= 15 is 0 Å². The first-order valence-corrected chi connectivity index (χ1v) is 7.06. The largest absolute Gasteiger partial charge is 0.464 e. The van der Waals surface area contributed by atoms with Crippen LogP contribution >= 0.6 is 0 Å². The number of para-hydroxylation sites is 1. The van der Waals surface area contributed by atoms with Gasteiger partial charge in [0.2, 0.25) is 0 Å². The van der Waals surface area contributed by atoms with Gasteiger partial charge in [-0.2, -0.15) is 0 Å². The number of benzene rings is 1. The van der Waals surface area contributed by atoms with Crippen molar-refractivity contribution in [2.75, 3.05) is 11.9 Å². The molecule has 0 bridgehead atoms. The van der Waals surface area contributed by atoms with Crippen molar-refractivity contribution in [3.8, 4) is 0 Å². The van der Waals surface area contributed by atoms with E-state index in [2.05, 4.69) is 51.2 Å². The summed E-state index contributed by atoms with van der Waals surface area (Å²) in [5, 5.41) is 3.42. The van der Waals surface area contributed by atoms with E-state index in [4.69, 9.17) is 4.74 Å². The monoisotopic (exact) mass is 261 g/mol. The van der Waals surface area contributed by atoms with E-state index in [1.165, 1.54) is 11.1 Å². The predicted octanol–water partition coefficient (Wildman–Crippen LogP) is 3.66. The number of carbonyl (C=O) groups excluding carboxylic acids is 1. The van der Waals surface area contributed by atoms with Crippen molar-refractivity contribution in [2.24, 2.45) is 0 Å². The number of cyclic esters (lactones) is 1. The van der Waals surface area contributed by atoms with E-state index in [1.54, 1.807) is 0 Å². The topological polar surface area (TPSA) is 38.3 Å². The molecule has 0 spiro atoms.